The Morgan fingerprint density at radius 1 is 1.20 bits per heavy atom. The summed E-state index contributed by atoms with van der Waals surface area (Å²) in [6, 6.07) is 3.81. The zero-order valence-electron chi connectivity index (χ0n) is 16.2. The first-order chi connectivity index (χ1) is 14.5. The van der Waals surface area contributed by atoms with Crippen LogP contribution in [0, 0.1) is 0 Å². The Morgan fingerprint density at radius 3 is 2.77 bits per heavy atom. The average molecular weight is 413 g/mol. The van der Waals surface area contributed by atoms with Gasteiger partial charge in [-0.25, -0.2) is 18.7 Å². The number of phenolic OH excluding ortho intramolecular Hbond substituents is 1. The second-order valence-electron chi connectivity index (χ2n) is 7.80. The van der Waals surface area contributed by atoms with Crippen LogP contribution in [-0.2, 0) is 0 Å². The van der Waals surface area contributed by atoms with Gasteiger partial charge in [0.2, 0.25) is 5.95 Å². The molecule has 0 unspecified atom stereocenters. The number of rotatable bonds is 4. The summed E-state index contributed by atoms with van der Waals surface area (Å²) in [4.78, 5) is 9.93. The van der Waals surface area contributed by atoms with Crippen LogP contribution in [-0.4, -0.2) is 67.4 Å². The Balaban J connectivity index is 1.36. The van der Waals surface area contributed by atoms with E-state index in [4.69, 9.17) is 0 Å². The van der Waals surface area contributed by atoms with Gasteiger partial charge in [0.15, 0.2) is 0 Å². The normalized spacial score (nSPS) is 27.9. The van der Waals surface area contributed by atoms with E-state index in [1.54, 1.807) is 47.4 Å². The van der Waals surface area contributed by atoms with E-state index in [1.807, 2.05) is 6.07 Å². The molecule has 4 heterocycles. The van der Waals surface area contributed by atoms with Gasteiger partial charge in [0.1, 0.15) is 23.8 Å². The summed E-state index contributed by atoms with van der Waals surface area (Å²) in [6.45, 7) is 0. The number of halogens is 2. The van der Waals surface area contributed by atoms with Crippen LogP contribution in [0.2, 0.25) is 0 Å². The topological polar surface area (TPSA) is 92.0 Å². The highest BCUT2D eigenvalue weighted by molar-refractivity contribution is 5.68. The van der Waals surface area contributed by atoms with Crippen LogP contribution >= 0.6 is 0 Å². The van der Waals surface area contributed by atoms with Gasteiger partial charge < -0.3 is 19.9 Å². The first kappa shape index (κ1) is 18.9. The number of piperidine rings is 1. The van der Waals surface area contributed by atoms with Crippen molar-refractivity contribution in [3.63, 3.8) is 0 Å². The number of aromatic nitrogens is 5. The third kappa shape index (κ3) is 3.17. The number of phenols is 1. The summed E-state index contributed by atoms with van der Waals surface area (Å²) in [7, 11) is 1.70. The van der Waals surface area contributed by atoms with Crippen LogP contribution in [0.3, 0.4) is 0 Å². The minimum absolute atomic E-state index is 0.0335. The van der Waals surface area contributed by atoms with Gasteiger partial charge >= 0.3 is 0 Å². The van der Waals surface area contributed by atoms with Crippen LogP contribution < -0.4 is 10.2 Å². The van der Waals surface area contributed by atoms with E-state index >= 15 is 0 Å². The van der Waals surface area contributed by atoms with Crippen molar-refractivity contribution >= 4 is 5.95 Å². The van der Waals surface area contributed by atoms with Gasteiger partial charge in [0.25, 0.3) is 0 Å². The van der Waals surface area contributed by atoms with Crippen molar-refractivity contribution in [2.75, 3.05) is 11.9 Å². The van der Waals surface area contributed by atoms with Gasteiger partial charge in [-0.05, 0) is 25.0 Å². The van der Waals surface area contributed by atoms with Crippen LogP contribution in [0.4, 0.5) is 14.7 Å². The fourth-order valence-electron chi connectivity index (χ4n) is 4.33. The molecular weight excluding hydrogens is 392 g/mol. The van der Waals surface area contributed by atoms with E-state index in [2.05, 4.69) is 25.5 Å². The monoisotopic (exact) mass is 413 g/mol. The lowest BCUT2D eigenvalue weighted by atomic mass is 9.96. The van der Waals surface area contributed by atoms with E-state index in [0.29, 0.717) is 17.7 Å². The Hall–Kier alpha value is -3.14. The number of hydrogen-bond acceptors (Lipinski definition) is 7. The highest BCUT2D eigenvalue weighted by Gasteiger charge is 2.49. The number of alkyl halides is 2. The quantitative estimate of drug-likeness (QED) is 0.676. The van der Waals surface area contributed by atoms with Crippen LogP contribution in [0.5, 0.6) is 5.75 Å². The Kier molecular flexibility index (Phi) is 4.58. The van der Waals surface area contributed by atoms with Gasteiger partial charge in [0, 0.05) is 43.2 Å². The van der Waals surface area contributed by atoms with Crippen molar-refractivity contribution in [1.29, 1.82) is 0 Å². The lowest BCUT2D eigenvalue weighted by Gasteiger charge is -2.37. The number of anilines is 1. The molecule has 3 aromatic rings. The van der Waals surface area contributed by atoms with Gasteiger partial charge in [-0.1, -0.05) is 0 Å². The molecule has 0 aliphatic carbocycles. The molecule has 0 radical (unpaired) electrons. The summed E-state index contributed by atoms with van der Waals surface area (Å²) < 4.78 is 30.6. The van der Waals surface area contributed by atoms with Crippen molar-refractivity contribution in [2.24, 2.45) is 0 Å². The third-order valence-corrected chi connectivity index (χ3v) is 6.01. The van der Waals surface area contributed by atoms with E-state index in [9.17, 15) is 13.9 Å². The Bertz CT molecular complexity index is 1030. The molecule has 10 heteroatoms. The molecule has 2 aliphatic heterocycles. The molecule has 0 saturated carbocycles. The van der Waals surface area contributed by atoms with E-state index in [0.717, 1.165) is 5.69 Å². The lowest BCUT2D eigenvalue weighted by molar-refractivity contribution is 0.171. The number of benzene rings is 1. The lowest BCUT2D eigenvalue weighted by Crippen LogP contribution is -2.56. The van der Waals surface area contributed by atoms with Crippen LogP contribution in [0.15, 0.2) is 43.1 Å². The second-order valence-corrected chi connectivity index (χ2v) is 7.80. The highest BCUT2D eigenvalue weighted by Crippen LogP contribution is 2.35. The van der Waals surface area contributed by atoms with Crippen LogP contribution in [0.25, 0.3) is 16.9 Å². The maximum atomic E-state index is 14.8. The standard InChI is InChI=1S/C20H21F2N7O/c1-28(17-8-14-13(21)7-15(25-14)19(17)22)20-24-9-16(26-27-20)12-3-2-11(6-18(12)30)29-5-4-23-10-29/h2-6,9-10,13-15,17,19,25,30H,7-8H2,1H3/t13-,14-,15-,17+,19+/m0/s1. The number of nitrogens with zero attached hydrogens (tertiary/aromatic N) is 6. The number of nitrogens with one attached hydrogen (secondary N) is 1. The summed E-state index contributed by atoms with van der Waals surface area (Å²) >= 11 is 0. The predicted octanol–water partition coefficient (Wildman–Crippen LogP) is 2.05. The average Bonchev–Trinajstić information content (AvgIpc) is 3.39. The molecule has 5 atom stereocenters. The second kappa shape index (κ2) is 7.28. The molecule has 30 heavy (non-hydrogen) atoms. The summed E-state index contributed by atoms with van der Waals surface area (Å²) in [5.41, 5.74) is 1.64. The molecule has 0 spiro atoms. The van der Waals surface area contributed by atoms with Crippen molar-refractivity contribution in [1.82, 2.24) is 30.0 Å². The molecule has 2 saturated heterocycles. The summed E-state index contributed by atoms with van der Waals surface area (Å²) in [6.07, 6.45) is 4.86. The zero-order chi connectivity index (χ0) is 20.8. The fourth-order valence-corrected chi connectivity index (χ4v) is 4.33. The summed E-state index contributed by atoms with van der Waals surface area (Å²) in [5.74, 6) is 0.295. The number of aromatic hydroxyl groups is 1. The first-order valence-electron chi connectivity index (χ1n) is 9.79. The molecule has 2 aliphatic rings. The molecule has 5 rings (SSSR count). The maximum Gasteiger partial charge on any atom is 0.245 e. The maximum absolute atomic E-state index is 14.8. The minimum atomic E-state index is -1.21. The third-order valence-electron chi connectivity index (χ3n) is 6.01. The highest BCUT2D eigenvalue weighted by atomic mass is 19.1. The molecule has 1 aromatic carbocycles. The molecule has 156 valence electrons. The first-order valence-corrected chi connectivity index (χ1v) is 9.79. The summed E-state index contributed by atoms with van der Waals surface area (Å²) in [5, 5.41) is 21.7. The van der Waals surface area contributed by atoms with Gasteiger partial charge in [-0.2, -0.15) is 0 Å². The molecule has 2 fully saturated rings. The van der Waals surface area contributed by atoms with Gasteiger partial charge in [-0.3, -0.25) is 0 Å². The van der Waals surface area contributed by atoms with Gasteiger partial charge in [-0.15, -0.1) is 10.2 Å². The molecule has 8 nitrogen and oxygen atoms in total. The fraction of sp³-hybridized carbons (Fsp3) is 0.400. The Morgan fingerprint density at radius 2 is 2.07 bits per heavy atom. The molecule has 0 amide bonds. The zero-order valence-corrected chi connectivity index (χ0v) is 16.2. The van der Waals surface area contributed by atoms with Crippen molar-refractivity contribution in [3.8, 4) is 22.7 Å². The van der Waals surface area contributed by atoms with Crippen LogP contribution in [0.1, 0.15) is 12.8 Å². The van der Waals surface area contributed by atoms with Gasteiger partial charge in [0.05, 0.1) is 24.3 Å². The predicted molar refractivity (Wildman–Crippen MR) is 106 cm³/mol. The Labute approximate surface area is 171 Å². The number of hydrogen-bond donors (Lipinski definition) is 2. The molecule has 2 bridgehead atoms. The molecule has 2 aromatic heterocycles. The molecule has 2 N–H and O–H groups in total. The van der Waals surface area contributed by atoms with E-state index in [-0.39, 0.29) is 24.2 Å². The largest absolute Gasteiger partial charge is 0.507 e. The molecular formula is C20H21F2N7O. The minimum Gasteiger partial charge on any atom is -0.507 e. The van der Waals surface area contributed by atoms with E-state index < -0.39 is 24.4 Å². The van der Waals surface area contributed by atoms with Crippen molar-refractivity contribution < 1.29 is 13.9 Å². The van der Waals surface area contributed by atoms with E-state index in [1.165, 1.54) is 6.20 Å². The van der Waals surface area contributed by atoms with Crippen molar-refractivity contribution in [2.45, 2.75) is 43.3 Å². The SMILES string of the molecule is CN(c1ncc(-c2ccc(-n3ccnc3)cc2O)nn1)[C@@H]1C[C@@H]2N[C@@H](C[C@@H]2F)[C@H]1F. The number of fused-ring (bicyclic) bond motifs is 2. The smallest absolute Gasteiger partial charge is 0.245 e. The number of imidazole rings is 1. The van der Waals surface area contributed by atoms with Crippen molar-refractivity contribution in [3.05, 3.63) is 43.1 Å².